The van der Waals surface area contributed by atoms with Crippen molar-refractivity contribution in [2.45, 2.75) is 24.8 Å². The van der Waals surface area contributed by atoms with E-state index in [1.807, 2.05) is 0 Å². The van der Waals surface area contributed by atoms with Gasteiger partial charge < -0.3 is 5.73 Å². The smallest absolute Gasteiger partial charge is 0.248 e. The predicted octanol–water partition coefficient (Wildman–Crippen LogP) is 2.70. The Morgan fingerprint density at radius 2 is 1.67 bits per heavy atom. The average molecular weight is 350 g/mol. The second-order valence-electron chi connectivity index (χ2n) is 5.32. The van der Waals surface area contributed by atoms with Crippen molar-refractivity contribution in [3.63, 3.8) is 0 Å². The molecule has 0 unspecified atom stereocenters. The van der Waals surface area contributed by atoms with Gasteiger partial charge in [0.25, 0.3) is 0 Å². The van der Waals surface area contributed by atoms with Crippen LogP contribution in [0.25, 0.3) is 0 Å². The van der Waals surface area contributed by atoms with Gasteiger partial charge in [-0.15, -0.1) is 0 Å². The summed E-state index contributed by atoms with van der Waals surface area (Å²) >= 11 is 0. The van der Waals surface area contributed by atoms with Crippen LogP contribution >= 0.6 is 0 Å². The van der Waals surface area contributed by atoms with E-state index in [9.17, 15) is 17.6 Å². The van der Waals surface area contributed by atoms with Crippen LogP contribution in [0.1, 0.15) is 35.8 Å². The summed E-state index contributed by atoms with van der Waals surface area (Å²) in [5.74, 6) is -0.995. The molecule has 1 atom stereocenters. The maximum atomic E-state index is 13.1. The van der Waals surface area contributed by atoms with Crippen LogP contribution in [0.3, 0.4) is 0 Å². The molecule has 7 heteroatoms. The van der Waals surface area contributed by atoms with Crippen LogP contribution in [0.4, 0.5) is 4.39 Å². The highest BCUT2D eigenvalue weighted by molar-refractivity contribution is 7.89. The minimum absolute atomic E-state index is 0.0725. The van der Waals surface area contributed by atoms with Gasteiger partial charge in [-0.1, -0.05) is 19.1 Å². The summed E-state index contributed by atoms with van der Waals surface area (Å²) in [4.78, 5) is 11.2. The number of nitrogens with zero attached hydrogens (tertiary/aromatic N) is 1. The zero-order valence-electron chi connectivity index (χ0n) is 13.4. The van der Waals surface area contributed by atoms with E-state index in [-0.39, 0.29) is 22.8 Å². The van der Waals surface area contributed by atoms with Crippen LogP contribution in [0.5, 0.6) is 0 Å². The normalized spacial score (nSPS) is 13.0. The van der Waals surface area contributed by atoms with Gasteiger partial charge in [0.15, 0.2) is 0 Å². The highest BCUT2D eigenvalue weighted by atomic mass is 32.2. The Kier molecular flexibility index (Phi) is 5.36. The number of carbonyl (C=O) groups is 1. The van der Waals surface area contributed by atoms with Crippen LogP contribution in [0.2, 0.25) is 0 Å². The van der Waals surface area contributed by atoms with Crippen LogP contribution < -0.4 is 5.73 Å². The first-order valence-corrected chi connectivity index (χ1v) is 8.88. The molecule has 2 N–H and O–H groups in total. The van der Waals surface area contributed by atoms with Crippen molar-refractivity contribution in [3.05, 3.63) is 65.5 Å². The van der Waals surface area contributed by atoms with Crippen LogP contribution in [-0.4, -0.2) is 25.2 Å². The van der Waals surface area contributed by atoms with Crippen molar-refractivity contribution in [2.24, 2.45) is 5.73 Å². The lowest BCUT2D eigenvalue weighted by molar-refractivity contribution is 0.1000. The molecule has 0 aliphatic heterocycles. The second-order valence-corrected chi connectivity index (χ2v) is 7.22. The van der Waals surface area contributed by atoms with Crippen LogP contribution in [0, 0.1) is 5.82 Å². The number of amides is 1. The van der Waals surface area contributed by atoms with Crippen molar-refractivity contribution in [1.82, 2.24) is 4.31 Å². The van der Waals surface area contributed by atoms with Gasteiger partial charge in [-0.3, -0.25) is 4.79 Å². The molecule has 0 aliphatic rings. The number of primary amides is 1. The summed E-state index contributed by atoms with van der Waals surface area (Å²) in [6.45, 7) is 3.72. The van der Waals surface area contributed by atoms with Crippen molar-refractivity contribution < 1.29 is 17.6 Å². The van der Waals surface area contributed by atoms with Crippen molar-refractivity contribution in [3.8, 4) is 0 Å². The van der Waals surface area contributed by atoms with Crippen molar-refractivity contribution >= 4 is 15.9 Å². The molecule has 24 heavy (non-hydrogen) atoms. The fraction of sp³-hybridized carbons (Fsp3) is 0.235. The van der Waals surface area contributed by atoms with Crippen molar-refractivity contribution in [1.29, 1.82) is 0 Å². The zero-order valence-corrected chi connectivity index (χ0v) is 14.3. The maximum absolute atomic E-state index is 13.1. The summed E-state index contributed by atoms with van der Waals surface area (Å²) in [5, 5.41) is 0. The fourth-order valence-electron chi connectivity index (χ4n) is 2.49. The highest BCUT2D eigenvalue weighted by Gasteiger charge is 2.28. The van der Waals surface area contributed by atoms with E-state index in [2.05, 4.69) is 0 Å². The molecule has 0 saturated heterocycles. The first-order chi connectivity index (χ1) is 11.3. The molecule has 1 amide bonds. The SMILES string of the molecule is CCN([C@@H](C)c1ccc(F)cc1)S(=O)(=O)c1ccc(C(N)=O)cc1. The molecular weight excluding hydrogens is 331 g/mol. The molecule has 2 aromatic rings. The number of hydrogen-bond acceptors (Lipinski definition) is 3. The number of halogens is 1. The number of hydrogen-bond donors (Lipinski definition) is 1. The van der Waals surface area contributed by atoms with E-state index in [0.29, 0.717) is 5.56 Å². The van der Waals surface area contributed by atoms with E-state index in [4.69, 9.17) is 5.73 Å². The highest BCUT2D eigenvalue weighted by Crippen LogP contribution is 2.27. The minimum atomic E-state index is -3.76. The molecule has 0 fully saturated rings. The Labute approximate surface area is 141 Å². The Bertz CT molecular complexity index is 818. The van der Waals surface area contributed by atoms with Crippen LogP contribution in [0.15, 0.2) is 53.4 Å². The van der Waals surface area contributed by atoms with Gasteiger partial charge in [-0.05, 0) is 48.9 Å². The van der Waals surface area contributed by atoms with E-state index in [0.717, 1.165) is 0 Å². The van der Waals surface area contributed by atoms with E-state index in [1.54, 1.807) is 26.0 Å². The third-order valence-electron chi connectivity index (χ3n) is 3.84. The molecule has 2 aromatic carbocycles. The largest absolute Gasteiger partial charge is 0.366 e. The summed E-state index contributed by atoms with van der Waals surface area (Å²) in [6, 6.07) is 10.7. The minimum Gasteiger partial charge on any atom is -0.366 e. The quantitative estimate of drug-likeness (QED) is 0.870. The fourth-order valence-corrected chi connectivity index (χ4v) is 4.11. The molecule has 0 bridgehead atoms. The Morgan fingerprint density at radius 3 is 2.12 bits per heavy atom. The average Bonchev–Trinajstić information content (AvgIpc) is 2.55. The van der Waals surface area contributed by atoms with Gasteiger partial charge in [0.2, 0.25) is 15.9 Å². The molecule has 0 aromatic heterocycles. The van der Waals surface area contributed by atoms with Gasteiger partial charge in [-0.2, -0.15) is 4.31 Å². The first kappa shape index (κ1) is 18.1. The zero-order chi connectivity index (χ0) is 17.9. The molecule has 0 aliphatic carbocycles. The Hall–Kier alpha value is -2.25. The number of rotatable bonds is 6. The third-order valence-corrected chi connectivity index (χ3v) is 5.90. The molecule has 0 saturated carbocycles. The lowest BCUT2D eigenvalue weighted by Crippen LogP contribution is -2.33. The summed E-state index contributed by atoms with van der Waals surface area (Å²) in [5.41, 5.74) is 6.10. The first-order valence-electron chi connectivity index (χ1n) is 7.44. The summed E-state index contributed by atoms with van der Waals surface area (Å²) < 4.78 is 40.1. The lowest BCUT2D eigenvalue weighted by Gasteiger charge is -2.27. The second kappa shape index (κ2) is 7.11. The molecule has 0 heterocycles. The molecule has 2 rings (SSSR count). The summed E-state index contributed by atoms with van der Waals surface area (Å²) in [7, 11) is -3.76. The third kappa shape index (κ3) is 3.63. The van der Waals surface area contributed by atoms with Crippen LogP contribution in [-0.2, 0) is 10.0 Å². The number of nitrogens with two attached hydrogens (primary N) is 1. The van der Waals surface area contributed by atoms with Gasteiger partial charge in [0, 0.05) is 18.2 Å². The molecule has 5 nitrogen and oxygen atoms in total. The molecular formula is C17H19FN2O3S. The molecule has 0 radical (unpaired) electrons. The van der Waals surface area contributed by atoms with Gasteiger partial charge >= 0.3 is 0 Å². The lowest BCUT2D eigenvalue weighted by atomic mass is 10.1. The van der Waals surface area contributed by atoms with E-state index < -0.39 is 22.0 Å². The summed E-state index contributed by atoms with van der Waals surface area (Å²) in [6.07, 6.45) is 0. The number of benzene rings is 2. The Balaban J connectivity index is 2.36. The predicted molar refractivity (Wildman–Crippen MR) is 89.3 cm³/mol. The van der Waals surface area contributed by atoms with Gasteiger partial charge in [0.05, 0.1) is 4.90 Å². The number of sulfonamides is 1. The standard InChI is InChI=1S/C17H19FN2O3S/c1-3-20(12(2)13-4-8-15(18)9-5-13)24(22,23)16-10-6-14(7-11-16)17(19)21/h4-12H,3H2,1-2H3,(H2,19,21)/t12-/m0/s1. The Morgan fingerprint density at radius 1 is 1.12 bits per heavy atom. The topological polar surface area (TPSA) is 80.5 Å². The van der Waals surface area contributed by atoms with E-state index >= 15 is 0 Å². The monoisotopic (exact) mass is 350 g/mol. The van der Waals surface area contributed by atoms with Gasteiger partial charge in [0.1, 0.15) is 5.82 Å². The van der Waals surface area contributed by atoms with Crippen molar-refractivity contribution in [2.75, 3.05) is 6.54 Å². The van der Waals surface area contributed by atoms with Gasteiger partial charge in [-0.25, -0.2) is 12.8 Å². The number of carbonyl (C=O) groups excluding carboxylic acids is 1. The van der Waals surface area contributed by atoms with E-state index in [1.165, 1.54) is 40.7 Å². The molecule has 0 spiro atoms. The maximum Gasteiger partial charge on any atom is 0.248 e. The molecule has 128 valence electrons.